The highest BCUT2D eigenvalue weighted by molar-refractivity contribution is 5.78. The number of hydrogen-bond acceptors (Lipinski definition) is 3. The summed E-state index contributed by atoms with van der Waals surface area (Å²) in [5.41, 5.74) is 0.944. The fourth-order valence-corrected chi connectivity index (χ4v) is 4.22. The van der Waals surface area contributed by atoms with Crippen molar-refractivity contribution in [1.82, 2.24) is 4.90 Å². The summed E-state index contributed by atoms with van der Waals surface area (Å²) in [6.45, 7) is 8.48. The van der Waals surface area contributed by atoms with Crippen molar-refractivity contribution in [3.05, 3.63) is 35.9 Å². The Morgan fingerprint density at radius 3 is 2.57 bits per heavy atom. The third-order valence-corrected chi connectivity index (χ3v) is 5.67. The zero-order valence-electron chi connectivity index (χ0n) is 15.0. The molecule has 1 aliphatic rings. The van der Waals surface area contributed by atoms with Gasteiger partial charge in [-0.05, 0) is 24.8 Å². The Morgan fingerprint density at radius 1 is 1.26 bits per heavy atom. The van der Waals surface area contributed by atoms with Gasteiger partial charge in [0.1, 0.15) is 0 Å². The zero-order chi connectivity index (χ0) is 16.9. The summed E-state index contributed by atoms with van der Waals surface area (Å²) in [5, 5.41) is 0. The molecule has 0 bridgehead atoms. The molecule has 1 saturated heterocycles. The molecule has 1 aromatic carbocycles. The van der Waals surface area contributed by atoms with E-state index in [1.807, 2.05) is 6.07 Å². The lowest BCUT2D eigenvalue weighted by Crippen LogP contribution is -2.45. The van der Waals surface area contributed by atoms with E-state index < -0.39 is 0 Å². The van der Waals surface area contributed by atoms with E-state index in [1.54, 1.807) is 0 Å². The van der Waals surface area contributed by atoms with Gasteiger partial charge in [-0.2, -0.15) is 0 Å². The molecule has 3 heteroatoms. The van der Waals surface area contributed by atoms with Gasteiger partial charge in [0.2, 0.25) is 0 Å². The fraction of sp³-hybridized carbons (Fsp3) is 0.650. The molecule has 0 saturated carbocycles. The summed E-state index contributed by atoms with van der Waals surface area (Å²) in [6.07, 6.45) is 4.38. The van der Waals surface area contributed by atoms with Crippen LogP contribution in [-0.2, 0) is 16.1 Å². The predicted octanol–water partition coefficient (Wildman–Crippen LogP) is 4.27. The first-order chi connectivity index (χ1) is 11.1. The summed E-state index contributed by atoms with van der Waals surface area (Å²) in [7, 11) is 1.53. The van der Waals surface area contributed by atoms with E-state index >= 15 is 0 Å². The van der Waals surface area contributed by atoms with Crippen LogP contribution >= 0.6 is 0 Å². The first-order valence-electron chi connectivity index (χ1n) is 8.92. The third-order valence-electron chi connectivity index (χ3n) is 5.67. The minimum absolute atomic E-state index is 0.0239. The number of hydrogen-bond donors (Lipinski definition) is 0. The van der Waals surface area contributed by atoms with Gasteiger partial charge < -0.3 is 4.74 Å². The lowest BCUT2D eigenvalue weighted by molar-refractivity contribution is -0.157. The van der Waals surface area contributed by atoms with Crippen LogP contribution < -0.4 is 0 Å². The lowest BCUT2D eigenvalue weighted by atomic mass is 9.70. The van der Waals surface area contributed by atoms with Crippen molar-refractivity contribution in [2.45, 2.75) is 59.0 Å². The number of likely N-dealkylation sites (tertiary alicyclic amines) is 1. The van der Waals surface area contributed by atoms with E-state index in [-0.39, 0.29) is 17.4 Å². The molecule has 1 fully saturated rings. The fourth-order valence-electron chi connectivity index (χ4n) is 4.22. The van der Waals surface area contributed by atoms with Crippen LogP contribution in [0.15, 0.2) is 30.3 Å². The number of nitrogens with zero attached hydrogens (tertiary/aromatic N) is 1. The van der Waals surface area contributed by atoms with Gasteiger partial charge >= 0.3 is 5.97 Å². The van der Waals surface area contributed by atoms with Crippen molar-refractivity contribution in [2.75, 3.05) is 13.7 Å². The molecule has 2 rings (SSSR count). The van der Waals surface area contributed by atoms with Crippen molar-refractivity contribution in [3.8, 4) is 0 Å². The van der Waals surface area contributed by atoms with Gasteiger partial charge in [-0.1, -0.05) is 63.4 Å². The number of ether oxygens (including phenoxy) is 1. The van der Waals surface area contributed by atoms with Crippen LogP contribution in [0.25, 0.3) is 0 Å². The molecule has 0 N–H and O–H groups in total. The SMILES string of the molecule is CCCCC[C@@]1(C(=O)OC)[C@H](C)CN(Cc2ccccc2)[C@H]1C. The normalized spacial score (nSPS) is 28.0. The molecular weight excluding hydrogens is 286 g/mol. The highest BCUT2D eigenvalue weighted by Crippen LogP contribution is 2.47. The van der Waals surface area contributed by atoms with Crippen LogP contribution in [0.5, 0.6) is 0 Å². The van der Waals surface area contributed by atoms with E-state index in [0.717, 1.165) is 25.9 Å². The molecule has 0 amide bonds. The summed E-state index contributed by atoms with van der Waals surface area (Å²) in [6, 6.07) is 10.7. The second kappa shape index (κ2) is 7.96. The monoisotopic (exact) mass is 317 g/mol. The molecule has 1 heterocycles. The molecular formula is C20H31NO2. The predicted molar refractivity (Wildman–Crippen MR) is 94.1 cm³/mol. The average molecular weight is 317 g/mol. The van der Waals surface area contributed by atoms with E-state index in [0.29, 0.717) is 5.92 Å². The lowest BCUT2D eigenvalue weighted by Gasteiger charge is -2.36. The molecule has 1 aromatic rings. The van der Waals surface area contributed by atoms with E-state index in [9.17, 15) is 4.79 Å². The number of methoxy groups -OCH3 is 1. The van der Waals surface area contributed by atoms with Crippen LogP contribution in [0, 0.1) is 11.3 Å². The zero-order valence-corrected chi connectivity index (χ0v) is 15.0. The number of esters is 1. The van der Waals surface area contributed by atoms with Gasteiger partial charge in [0, 0.05) is 19.1 Å². The van der Waals surface area contributed by atoms with Gasteiger partial charge in [0.15, 0.2) is 0 Å². The topological polar surface area (TPSA) is 29.5 Å². The Morgan fingerprint density at radius 2 is 1.96 bits per heavy atom. The first-order valence-corrected chi connectivity index (χ1v) is 8.92. The van der Waals surface area contributed by atoms with Gasteiger partial charge in [-0.25, -0.2) is 0 Å². The van der Waals surface area contributed by atoms with Crippen molar-refractivity contribution in [2.24, 2.45) is 11.3 Å². The number of rotatable bonds is 7. The maximum absolute atomic E-state index is 12.7. The Hall–Kier alpha value is -1.35. The second-order valence-corrected chi connectivity index (χ2v) is 6.98. The summed E-state index contributed by atoms with van der Waals surface area (Å²) in [5.74, 6) is 0.301. The quantitative estimate of drug-likeness (QED) is 0.556. The van der Waals surface area contributed by atoms with Gasteiger partial charge in [0.05, 0.1) is 12.5 Å². The Labute approximate surface area is 141 Å². The minimum Gasteiger partial charge on any atom is -0.469 e. The molecule has 23 heavy (non-hydrogen) atoms. The molecule has 3 atom stereocenters. The van der Waals surface area contributed by atoms with E-state index in [2.05, 4.69) is 49.9 Å². The van der Waals surface area contributed by atoms with Crippen LogP contribution in [-0.4, -0.2) is 30.6 Å². The molecule has 0 unspecified atom stereocenters. The maximum Gasteiger partial charge on any atom is 0.313 e. The van der Waals surface area contributed by atoms with Crippen LogP contribution in [0.2, 0.25) is 0 Å². The molecule has 1 aliphatic heterocycles. The second-order valence-electron chi connectivity index (χ2n) is 6.98. The maximum atomic E-state index is 12.7. The van der Waals surface area contributed by atoms with Gasteiger partial charge in [0.25, 0.3) is 0 Å². The van der Waals surface area contributed by atoms with Gasteiger partial charge in [-0.3, -0.25) is 9.69 Å². The number of unbranched alkanes of at least 4 members (excludes halogenated alkanes) is 2. The van der Waals surface area contributed by atoms with Crippen molar-refractivity contribution in [1.29, 1.82) is 0 Å². The molecule has 0 spiro atoms. The number of carbonyl (C=O) groups is 1. The first kappa shape index (κ1) is 18.0. The molecule has 0 radical (unpaired) electrons. The molecule has 0 aliphatic carbocycles. The summed E-state index contributed by atoms with van der Waals surface area (Å²) in [4.78, 5) is 15.1. The highest BCUT2D eigenvalue weighted by Gasteiger charge is 2.55. The minimum atomic E-state index is -0.362. The van der Waals surface area contributed by atoms with Crippen molar-refractivity contribution >= 4 is 5.97 Å². The number of benzene rings is 1. The number of carbonyl (C=O) groups excluding carboxylic acids is 1. The van der Waals surface area contributed by atoms with E-state index in [4.69, 9.17) is 4.74 Å². The molecule has 0 aromatic heterocycles. The Bertz CT molecular complexity index is 502. The Kier molecular flexibility index (Phi) is 6.23. The third kappa shape index (κ3) is 3.60. The summed E-state index contributed by atoms with van der Waals surface area (Å²) >= 11 is 0. The Balaban J connectivity index is 2.19. The average Bonchev–Trinajstić information content (AvgIpc) is 2.80. The van der Waals surface area contributed by atoms with Crippen molar-refractivity contribution in [3.63, 3.8) is 0 Å². The van der Waals surface area contributed by atoms with E-state index in [1.165, 1.54) is 25.5 Å². The van der Waals surface area contributed by atoms with Gasteiger partial charge in [-0.15, -0.1) is 0 Å². The highest BCUT2D eigenvalue weighted by atomic mass is 16.5. The molecule has 3 nitrogen and oxygen atoms in total. The molecule has 128 valence electrons. The van der Waals surface area contributed by atoms with Crippen LogP contribution in [0.4, 0.5) is 0 Å². The van der Waals surface area contributed by atoms with Crippen LogP contribution in [0.3, 0.4) is 0 Å². The smallest absolute Gasteiger partial charge is 0.313 e. The van der Waals surface area contributed by atoms with Crippen molar-refractivity contribution < 1.29 is 9.53 Å². The largest absolute Gasteiger partial charge is 0.469 e. The summed E-state index contributed by atoms with van der Waals surface area (Å²) < 4.78 is 5.24. The standard InChI is InChI=1S/C20H31NO2/c1-5-6-10-13-20(19(22)23-4)16(2)14-21(17(20)3)15-18-11-8-7-9-12-18/h7-9,11-12,16-17H,5-6,10,13-15H2,1-4H3/t16-,17+,20-/m1/s1. The van der Waals surface area contributed by atoms with Crippen LogP contribution in [0.1, 0.15) is 52.0 Å².